The average molecular weight is 495 g/mol. The van der Waals surface area contributed by atoms with Crippen LogP contribution in [0.5, 0.6) is 0 Å². The molecule has 0 fully saturated rings. The normalized spacial score (nSPS) is 20.6. The first-order chi connectivity index (χ1) is 16.3. The van der Waals surface area contributed by atoms with Crippen molar-refractivity contribution in [1.82, 2.24) is 26.0 Å². The highest BCUT2D eigenvalue weighted by atomic mass is 32.2. The van der Waals surface area contributed by atoms with Crippen LogP contribution < -0.4 is 26.0 Å². The molecular formula is C21H30N6O6S. The van der Waals surface area contributed by atoms with E-state index in [1.165, 1.54) is 24.3 Å². The monoisotopic (exact) mass is 494 g/mol. The van der Waals surface area contributed by atoms with Crippen LogP contribution in [-0.2, 0) is 24.4 Å². The minimum absolute atomic E-state index is 0.0387. The van der Waals surface area contributed by atoms with E-state index < -0.39 is 34.5 Å². The highest BCUT2D eigenvalue weighted by Crippen LogP contribution is 2.17. The van der Waals surface area contributed by atoms with E-state index in [4.69, 9.17) is 4.84 Å². The molecule has 0 aliphatic carbocycles. The molecular weight excluding hydrogens is 464 g/mol. The molecule has 1 amide bonds. The Morgan fingerprint density at radius 3 is 2.76 bits per heavy atom. The van der Waals surface area contributed by atoms with Gasteiger partial charge in [-0.1, -0.05) is 29.4 Å². The molecule has 3 atom stereocenters. The standard InChI is InChI=1S/C21H30N6O6S/c28-19(25-14-18(20(29)30)27-34(31,32)17-7-2-1-3-8-17)13-15-12-16(33-26-15)6-4-9-22-21-23-10-5-11-24-21/h1-3,5,7-8,10,16,18,21-24,27H,4,6,9,11-14H2,(H,25,28)(H,29,30). The fraction of sp³-hybridized carbons (Fsp3) is 0.476. The number of nitrogens with one attached hydrogen (secondary N) is 5. The molecule has 12 nitrogen and oxygen atoms in total. The third kappa shape index (κ3) is 8.09. The minimum Gasteiger partial charge on any atom is -0.480 e. The van der Waals surface area contributed by atoms with E-state index in [2.05, 4.69) is 31.1 Å². The molecule has 13 heteroatoms. The molecule has 0 saturated heterocycles. The number of benzene rings is 1. The van der Waals surface area contributed by atoms with Crippen molar-refractivity contribution in [3.8, 4) is 0 Å². The summed E-state index contributed by atoms with van der Waals surface area (Å²) in [7, 11) is -4.04. The number of amides is 1. The predicted molar refractivity (Wildman–Crippen MR) is 124 cm³/mol. The van der Waals surface area contributed by atoms with Gasteiger partial charge in [0.1, 0.15) is 18.4 Å². The molecule has 0 saturated carbocycles. The van der Waals surface area contributed by atoms with Crippen molar-refractivity contribution < 1.29 is 28.0 Å². The van der Waals surface area contributed by atoms with Gasteiger partial charge in [-0.2, -0.15) is 4.72 Å². The van der Waals surface area contributed by atoms with Crippen LogP contribution in [0.1, 0.15) is 25.7 Å². The second-order valence-electron chi connectivity index (χ2n) is 7.90. The van der Waals surface area contributed by atoms with Crippen molar-refractivity contribution >= 4 is 27.6 Å². The quantitative estimate of drug-likeness (QED) is 0.197. The highest BCUT2D eigenvalue weighted by molar-refractivity contribution is 7.89. The minimum atomic E-state index is -4.04. The van der Waals surface area contributed by atoms with Crippen LogP contribution in [0.25, 0.3) is 0 Å². The second-order valence-corrected chi connectivity index (χ2v) is 9.62. The number of oxime groups is 1. The highest BCUT2D eigenvalue weighted by Gasteiger charge is 2.27. The van der Waals surface area contributed by atoms with Gasteiger partial charge in [-0.15, -0.1) is 0 Å². The lowest BCUT2D eigenvalue weighted by Gasteiger charge is -2.23. The van der Waals surface area contributed by atoms with Gasteiger partial charge < -0.3 is 20.6 Å². The molecule has 34 heavy (non-hydrogen) atoms. The van der Waals surface area contributed by atoms with Gasteiger partial charge in [0, 0.05) is 19.5 Å². The summed E-state index contributed by atoms with van der Waals surface area (Å²) < 4.78 is 26.8. The average Bonchev–Trinajstić information content (AvgIpc) is 3.27. The van der Waals surface area contributed by atoms with Crippen LogP contribution in [0.4, 0.5) is 0 Å². The van der Waals surface area contributed by atoms with E-state index in [1.54, 1.807) is 6.07 Å². The zero-order chi connectivity index (χ0) is 24.4. The zero-order valence-electron chi connectivity index (χ0n) is 18.6. The van der Waals surface area contributed by atoms with E-state index in [1.807, 2.05) is 12.3 Å². The van der Waals surface area contributed by atoms with E-state index in [9.17, 15) is 23.1 Å². The SMILES string of the molecule is O=C(CC1=NOC(CCCNC2NC=CCN2)C1)NCC(NS(=O)(=O)c1ccccc1)C(=O)O. The Labute approximate surface area is 198 Å². The first-order valence-electron chi connectivity index (χ1n) is 11.0. The molecule has 2 aliphatic rings. The largest absolute Gasteiger partial charge is 0.480 e. The molecule has 3 unspecified atom stereocenters. The number of aliphatic carboxylic acids is 1. The smallest absolute Gasteiger partial charge is 0.323 e. The van der Waals surface area contributed by atoms with Gasteiger partial charge in [-0.05, 0) is 37.7 Å². The molecule has 1 aromatic carbocycles. The molecule has 186 valence electrons. The van der Waals surface area contributed by atoms with Gasteiger partial charge in [-0.3, -0.25) is 20.2 Å². The second kappa shape index (κ2) is 12.5. The molecule has 1 aromatic rings. The lowest BCUT2D eigenvalue weighted by atomic mass is 10.1. The lowest BCUT2D eigenvalue weighted by molar-refractivity contribution is -0.138. The summed E-state index contributed by atoms with van der Waals surface area (Å²) in [6.45, 7) is 1.19. The molecule has 0 radical (unpaired) electrons. The van der Waals surface area contributed by atoms with Crippen molar-refractivity contribution in [2.24, 2.45) is 5.16 Å². The number of hydrogen-bond donors (Lipinski definition) is 6. The first kappa shape index (κ1) is 25.6. The number of carbonyl (C=O) groups excluding carboxylic acids is 1. The maximum Gasteiger partial charge on any atom is 0.323 e. The summed E-state index contributed by atoms with van der Waals surface area (Å²) >= 11 is 0. The van der Waals surface area contributed by atoms with Gasteiger partial charge in [0.15, 0.2) is 0 Å². The Balaban J connectivity index is 1.35. The number of rotatable bonds is 13. The van der Waals surface area contributed by atoms with E-state index in [0.717, 1.165) is 25.9 Å². The Hall–Kier alpha value is -3.00. The fourth-order valence-corrected chi connectivity index (χ4v) is 4.63. The summed E-state index contributed by atoms with van der Waals surface area (Å²) in [6, 6.07) is 5.90. The maximum atomic E-state index is 12.4. The van der Waals surface area contributed by atoms with E-state index in [0.29, 0.717) is 12.1 Å². The Kier molecular flexibility index (Phi) is 9.39. The van der Waals surface area contributed by atoms with Crippen molar-refractivity contribution in [2.45, 2.75) is 49.0 Å². The third-order valence-corrected chi connectivity index (χ3v) is 6.67. The summed E-state index contributed by atoms with van der Waals surface area (Å²) in [5.74, 6) is -1.86. The fourth-order valence-electron chi connectivity index (χ4n) is 3.42. The van der Waals surface area contributed by atoms with Gasteiger partial charge >= 0.3 is 5.97 Å². The van der Waals surface area contributed by atoms with Crippen molar-refractivity contribution in [3.05, 3.63) is 42.6 Å². The number of hydrogen-bond acceptors (Lipinski definition) is 9. The van der Waals surface area contributed by atoms with Crippen molar-refractivity contribution in [3.63, 3.8) is 0 Å². The number of nitrogens with zero attached hydrogens (tertiary/aromatic N) is 1. The molecule has 6 N–H and O–H groups in total. The third-order valence-electron chi connectivity index (χ3n) is 5.18. The molecule has 3 rings (SSSR count). The summed E-state index contributed by atoms with van der Waals surface area (Å²) in [6.07, 6.45) is 5.92. The van der Waals surface area contributed by atoms with Gasteiger partial charge in [0.25, 0.3) is 0 Å². The molecule has 0 aromatic heterocycles. The van der Waals surface area contributed by atoms with Crippen LogP contribution in [0.2, 0.25) is 0 Å². The van der Waals surface area contributed by atoms with Gasteiger partial charge in [0.05, 0.1) is 17.0 Å². The summed E-state index contributed by atoms with van der Waals surface area (Å²) in [5, 5.41) is 25.5. The number of sulfonamides is 1. The van der Waals surface area contributed by atoms with Crippen molar-refractivity contribution in [2.75, 3.05) is 19.6 Å². The van der Waals surface area contributed by atoms with E-state index >= 15 is 0 Å². The zero-order valence-corrected chi connectivity index (χ0v) is 19.4. The predicted octanol–water partition coefficient (Wildman–Crippen LogP) is -0.571. The molecule has 0 spiro atoms. The Morgan fingerprint density at radius 2 is 2.06 bits per heavy atom. The van der Waals surface area contributed by atoms with Crippen LogP contribution in [0.3, 0.4) is 0 Å². The number of carbonyl (C=O) groups is 2. The molecule has 0 bridgehead atoms. The Bertz CT molecular complexity index is 1000. The topological polar surface area (TPSA) is 170 Å². The van der Waals surface area contributed by atoms with Gasteiger partial charge in [0.2, 0.25) is 15.9 Å². The van der Waals surface area contributed by atoms with Crippen LogP contribution in [-0.4, -0.2) is 69.2 Å². The summed E-state index contributed by atoms with van der Waals surface area (Å²) in [5.41, 5.74) is 0.563. The first-order valence-corrected chi connectivity index (χ1v) is 12.5. The molecule has 2 heterocycles. The maximum absolute atomic E-state index is 12.4. The number of carboxylic acids is 1. The van der Waals surface area contributed by atoms with Crippen molar-refractivity contribution in [1.29, 1.82) is 0 Å². The Morgan fingerprint density at radius 1 is 1.26 bits per heavy atom. The van der Waals surface area contributed by atoms with E-state index in [-0.39, 0.29) is 23.7 Å². The van der Waals surface area contributed by atoms with Crippen LogP contribution in [0.15, 0.2) is 52.7 Å². The number of carboxylic acid groups (broad SMARTS) is 1. The van der Waals surface area contributed by atoms with Crippen LogP contribution in [0, 0.1) is 0 Å². The van der Waals surface area contributed by atoms with Crippen LogP contribution >= 0.6 is 0 Å². The van der Waals surface area contributed by atoms with Gasteiger partial charge in [-0.25, -0.2) is 8.42 Å². The summed E-state index contributed by atoms with van der Waals surface area (Å²) in [4.78, 5) is 29.1. The molecule has 2 aliphatic heterocycles. The lowest BCUT2D eigenvalue weighted by Crippen LogP contribution is -2.53.